The van der Waals surface area contributed by atoms with Gasteiger partial charge in [0, 0.05) is 38.7 Å². The summed E-state index contributed by atoms with van der Waals surface area (Å²) in [5.41, 5.74) is 0. The molecule has 0 aromatic carbocycles. The Morgan fingerprint density at radius 3 is 2.43 bits per heavy atom. The summed E-state index contributed by atoms with van der Waals surface area (Å²) in [6.45, 7) is 2.62. The first-order chi connectivity index (χ1) is 9.91. The lowest BCUT2D eigenvalue weighted by Crippen LogP contribution is -2.47. The highest BCUT2D eigenvalue weighted by Crippen LogP contribution is 2.25. The maximum Gasteiger partial charge on any atom is 0.225 e. The predicted octanol–water partition coefficient (Wildman–Crippen LogP) is 0.279. The first-order valence-electron chi connectivity index (χ1n) is 7.76. The second kappa shape index (κ2) is 7.07. The third-order valence-electron chi connectivity index (χ3n) is 4.64. The zero-order chi connectivity index (χ0) is 15.5. The van der Waals surface area contributed by atoms with Crippen molar-refractivity contribution in [1.29, 1.82) is 0 Å². The van der Waals surface area contributed by atoms with E-state index in [1.165, 1.54) is 10.6 Å². The van der Waals surface area contributed by atoms with Crippen LogP contribution in [-0.4, -0.2) is 67.7 Å². The van der Waals surface area contributed by atoms with Crippen molar-refractivity contribution in [3.63, 3.8) is 0 Å². The molecule has 0 aliphatic carbocycles. The van der Waals surface area contributed by atoms with E-state index in [1.807, 2.05) is 4.90 Å². The first kappa shape index (κ1) is 16.7. The normalized spacial score (nSPS) is 26.0. The van der Waals surface area contributed by atoms with E-state index >= 15 is 0 Å². The van der Waals surface area contributed by atoms with Crippen LogP contribution in [0.3, 0.4) is 0 Å². The SMILES string of the molecule is CS(=O)(=O)N1CCC(C(=O)N2CCCC(CCO)C2)CC1. The molecule has 122 valence electrons. The van der Waals surface area contributed by atoms with Crippen LogP contribution in [0.1, 0.15) is 32.1 Å². The van der Waals surface area contributed by atoms with Crippen molar-refractivity contribution in [1.82, 2.24) is 9.21 Å². The molecule has 0 radical (unpaired) electrons. The molecule has 2 fully saturated rings. The van der Waals surface area contributed by atoms with Crippen molar-refractivity contribution in [2.75, 3.05) is 39.0 Å². The zero-order valence-electron chi connectivity index (χ0n) is 12.7. The molecule has 0 aromatic rings. The average Bonchev–Trinajstić information content (AvgIpc) is 2.46. The number of likely N-dealkylation sites (tertiary alicyclic amines) is 1. The molecular weight excluding hydrogens is 292 g/mol. The predicted molar refractivity (Wildman–Crippen MR) is 80.1 cm³/mol. The van der Waals surface area contributed by atoms with E-state index in [0.29, 0.717) is 31.8 Å². The number of amides is 1. The molecule has 2 aliphatic heterocycles. The van der Waals surface area contributed by atoms with Crippen LogP contribution in [0.2, 0.25) is 0 Å². The van der Waals surface area contributed by atoms with Crippen LogP contribution in [0, 0.1) is 11.8 Å². The number of carbonyl (C=O) groups excluding carboxylic acids is 1. The summed E-state index contributed by atoms with van der Waals surface area (Å²) in [5, 5.41) is 9.03. The monoisotopic (exact) mass is 318 g/mol. The minimum atomic E-state index is -3.14. The molecule has 0 spiro atoms. The molecule has 2 rings (SSSR count). The largest absolute Gasteiger partial charge is 0.396 e. The van der Waals surface area contributed by atoms with Crippen LogP contribution in [-0.2, 0) is 14.8 Å². The Kier molecular flexibility index (Phi) is 5.62. The molecule has 2 aliphatic rings. The third kappa shape index (κ3) is 4.40. The van der Waals surface area contributed by atoms with Gasteiger partial charge < -0.3 is 10.0 Å². The Labute approximate surface area is 127 Å². The Hall–Kier alpha value is -0.660. The second-order valence-electron chi connectivity index (χ2n) is 6.24. The van der Waals surface area contributed by atoms with Crippen LogP contribution in [0.15, 0.2) is 0 Å². The van der Waals surface area contributed by atoms with Gasteiger partial charge >= 0.3 is 0 Å². The molecule has 1 atom stereocenters. The molecule has 0 saturated carbocycles. The number of aliphatic hydroxyl groups excluding tert-OH is 1. The molecule has 1 amide bonds. The molecule has 21 heavy (non-hydrogen) atoms. The highest BCUT2D eigenvalue weighted by Gasteiger charge is 2.33. The minimum absolute atomic E-state index is 0.0455. The van der Waals surface area contributed by atoms with Crippen LogP contribution in [0.4, 0.5) is 0 Å². The Morgan fingerprint density at radius 1 is 1.19 bits per heavy atom. The van der Waals surface area contributed by atoms with Crippen molar-refractivity contribution in [3.05, 3.63) is 0 Å². The number of sulfonamides is 1. The average molecular weight is 318 g/mol. The molecular formula is C14H26N2O4S. The summed E-state index contributed by atoms with van der Waals surface area (Å²) in [5.74, 6) is 0.533. The topological polar surface area (TPSA) is 77.9 Å². The van der Waals surface area contributed by atoms with Gasteiger partial charge in [-0.25, -0.2) is 12.7 Å². The van der Waals surface area contributed by atoms with Crippen LogP contribution in [0.25, 0.3) is 0 Å². The van der Waals surface area contributed by atoms with Crippen molar-refractivity contribution in [2.24, 2.45) is 11.8 Å². The number of carbonyl (C=O) groups is 1. The number of nitrogens with zero attached hydrogens (tertiary/aromatic N) is 2. The summed E-state index contributed by atoms with van der Waals surface area (Å²) >= 11 is 0. The van der Waals surface area contributed by atoms with E-state index in [0.717, 1.165) is 32.4 Å². The fourth-order valence-corrected chi connectivity index (χ4v) is 4.25. The van der Waals surface area contributed by atoms with Gasteiger partial charge in [-0.05, 0) is 38.0 Å². The third-order valence-corrected chi connectivity index (χ3v) is 5.94. The second-order valence-corrected chi connectivity index (χ2v) is 8.22. The van der Waals surface area contributed by atoms with Crippen LogP contribution < -0.4 is 0 Å². The number of rotatable bonds is 4. The molecule has 0 bridgehead atoms. The van der Waals surface area contributed by atoms with Crippen molar-refractivity contribution in [2.45, 2.75) is 32.1 Å². The first-order valence-corrected chi connectivity index (χ1v) is 9.61. The number of piperidine rings is 2. The van der Waals surface area contributed by atoms with Crippen molar-refractivity contribution < 1.29 is 18.3 Å². The van der Waals surface area contributed by atoms with Gasteiger partial charge in [-0.2, -0.15) is 0 Å². The fourth-order valence-electron chi connectivity index (χ4n) is 3.38. The van der Waals surface area contributed by atoms with Crippen LogP contribution in [0.5, 0.6) is 0 Å². The Morgan fingerprint density at radius 2 is 1.86 bits per heavy atom. The number of hydrogen-bond donors (Lipinski definition) is 1. The Balaban J connectivity index is 1.87. The van der Waals surface area contributed by atoms with Gasteiger partial charge in [-0.1, -0.05) is 0 Å². The van der Waals surface area contributed by atoms with Gasteiger partial charge in [-0.15, -0.1) is 0 Å². The van der Waals surface area contributed by atoms with Crippen LogP contribution >= 0.6 is 0 Å². The highest BCUT2D eigenvalue weighted by molar-refractivity contribution is 7.88. The zero-order valence-corrected chi connectivity index (χ0v) is 13.5. The lowest BCUT2D eigenvalue weighted by atomic mass is 9.91. The summed E-state index contributed by atoms with van der Waals surface area (Å²) < 4.78 is 24.4. The maximum absolute atomic E-state index is 12.6. The molecule has 2 heterocycles. The quantitative estimate of drug-likeness (QED) is 0.807. The van der Waals surface area contributed by atoms with E-state index in [2.05, 4.69) is 0 Å². The molecule has 1 N–H and O–H groups in total. The number of aliphatic hydroxyl groups is 1. The van der Waals surface area contributed by atoms with E-state index in [9.17, 15) is 13.2 Å². The molecule has 6 nitrogen and oxygen atoms in total. The minimum Gasteiger partial charge on any atom is -0.396 e. The van der Waals surface area contributed by atoms with Gasteiger partial charge in [0.25, 0.3) is 0 Å². The van der Waals surface area contributed by atoms with Gasteiger partial charge in [0.15, 0.2) is 0 Å². The Bertz CT molecular complexity index is 456. The lowest BCUT2D eigenvalue weighted by molar-refractivity contribution is -0.138. The van der Waals surface area contributed by atoms with Gasteiger partial charge in [-0.3, -0.25) is 4.79 Å². The fraction of sp³-hybridized carbons (Fsp3) is 0.929. The maximum atomic E-state index is 12.6. The molecule has 1 unspecified atom stereocenters. The van der Waals surface area contributed by atoms with Gasteiger partial charge in [0.1, 0.15) is 0 Å². The summed E-state index contributed by atoms with van der Waals surface area (Å²) in [6.07, 6.45) is 5.30. The van der Waals surface area contributed by atoms with E-state index in [-0.39, 0.29) is 18.4 Å². The van der Waals surface area contributed by atoms with E-state index < -0.39 is 10.0 Å². The molecule has 7 heteroatoms. The number of hydrogen-bond acceptors (Lipinski definition) is 4. The van der Waals surface area contributed by atoms with Crippen molar-refractivity contribution >= 4 is 15.9 Å². The summed E-state index contributed by atoms with van der Waals surface area (Å²) in [4.78, 5) is 14.5. The highest BCUT2D eigenvalue weighted by atomic mass is 32.2. The van der Waals surface area contributed by atoms with E-state index in [1.54, 1.807) is 0 Å². The van der Waals surface area contributed by atoms with Crippen molar-refractivity contribution in [3.8, 4) is 0 Å². The van der Waals surface area contributed by atoms with Gasteiger partial charge in [0.05, 0.1) is 6.26 Å². The lowest BCUT2D eigenvalue weighted by Gasteiger charge is -2.37. The van der Waals surface area contributed by atoms with Gasteiger partial charge in [0.2, 0.25) is 15.9 Å². The van der Waals surface area contributed by atoms with E-state index in [4.69, 9.17) is 5.11 Å². The molecule has 2 saturated heterocycles. The summed E-state index contributed by atoms with van der Waals surface area (Å²) in [7, 11) is -3.14. The summed E-state index contributed by atoms with van der Waals surface area (Å²) in [6, 6.07) is 0. The smallest absolute Gasteiger partial charge is 0.225 e. The standard InChI is InChI=1S/C14H26N2O4S/c1-21(19,20)16-8-4-13(5-9-16)14(18)15-7-2-3-12(11-15)6-10-17/h12-13,17H,2-11H2,1H3. The molecule has 0 aromatic heterocycles.